The predicted octanol–water partition coefficient (Wildman–Crippen LogP) is 2.58. The monoisotopic (exact) mass is 485 g/mol. The predicted molar refractivity (Wildman–Crippen MR) is 131 cm³/mol. The Hall–Kier alpha value is -4.73. The fraction of sp³-hybridized carbons (Fsp3) is 0.192. The largest absolute Gasteiger partial charge is 0.497 e. The fourth-order valence-corrected chi connectivity index (χ4v) is 4.08. The van der Waals surface area contributed by atoms with Crippen molar-refractivity contribution in [1.82, 2.24) is 20.3 Å². The summed E-state index contributed by atoms with van der Waals surface area (Å²) < 4.78 is 10.6. The zero-order valence-corrected chi connectivity index (χ0v) is 19.5. The molecular formula is C26H23N5O5. The van der Waals surface area contributed by atoms with Gasteiger partial charge in [0.1, 0.15) is 29.9 Å². The lowest BCUT2D eigenvalue weighted by atomic mass is 10.0. The molecule has 5 rings (SSSR count). The highest BCUT2D eigenvalue weighted by molar-refractivity contribution is 6.08. The summed E-state index contributed by atoms with van der Waals surface area (Å²) >= 11 is 0. The van der Waals surface area contributed by atoms with Crippen molar-refractivity contribution in [3.05, 3.63) is 77.4 Å². The number of hydrogen-bond acceptors (Lipinski definition) is 7. The lowest BCUT2D eigenvalue weighted by Crippen LogP contribution is -2.25. The molecule has 2 amide bonds. The molecule has 2 aromatic heterocycles. The zero-order chi connectivity index (χ0) is 25.1. The van der Waals surface area contributed by atoms with Crippen molar-refractivity contribution in [3.63, 3.8) is 0 Å². The molecule has 10 nitrogen and oxygen atoms in total. The summed E-state index contributed by atoms with van der Waals surface area (Å²) in [5.74, 6) is 0.750. The molecule has 10 heteroatoms. The third kappa shape index (κ3) is 4.88. The van der Waals surface area contributed by atoms with Crippen LogP contribution in [0.4, 0.5) is 5.69 Å². The first kappa shape index (κ1) is 23.0. The van der Waals surface area contributed by atoms with E-state index in [1.54, 1.807) is 25.4 Å². The van der Waals surface area contributed by atoms with Gasteiger partial charge in [0.05, 0.1) is 24.7 Å². The van der Waals surface area contributed by atoms with Crippen LogP contribution in [0.1, 0.15) is 27.2 Å². The van der Waals surface area contributed by atoms with E-state index in [0.717, 1.165) is 16.7 Å². The van der Waals surface area contributed by atoms with Gasteiger partial charge in [-0.3, -0.25) is 14.4 Å². The number of carbonyl (C=O) groups is 3. The van der Waals surface area contributed by atoms with E-state index in [-0.39, 0.29) is 37.0 Å². The zero-order valence-electron chi connectivity index (χ0n) is 19.5. The maximum atomic E-state index is 12.9. The van der Waals surface area contributed by atoms with Crippen LogP contribution in [0.3, 0.4) is 0 Å². The van der Waals surface area contributed by atoms with E-state index in [1.165, 1.54) is 6.33 Å². The highest BCUT2D eigenvalue weighted by Gasteiger charge is 2.19. The van der Waals surface area contributed by atoms with Crippen LogP contribution in [0, 0.1) is 0 Å². The quantitative estimate of drug-likeness (QED) is 0.366. The topological polar surface area (TPSA) is 135 Å². The van der Waals surface area contributed by atoms with E-state index < -0.39 is 5.91 Å². The Morgan fingerprint density at radius 2 is 2.03 bits per heavy atom. The van der Waals surface area contributed by atoms with Crippen LogP contribution in [0.15, 0.2) is 55.0 Å². The van der Waals surface area contributed by atoms with Crippen LogP contribution in [-0.2, 0) is 29.0 Å². The van der Waals surface area contributed by atoms with Crippen LogP contribution in [0.2, 0.25) is 0 Å². The second kappa shape index (κ2) is 9.87. The van der Waals surface area contributed by atoms with Gasteiger partial charge >= 0.3 is 0 Å². The van der Waals surface area contributed by atoms with Crippen LogP contribution in [-0.4, -0.2) is 46.3 Å². The molecular weight excluding hydrogens is 462 g/mol. The molecule has 3 N–H and O–H groups in total. The molecule has 182 valence electrons. The number of ether oxygens (including phenoxy) is 2. The second-order valence-electron chi connectivity index (χ2n) is 8.35. The Balaban J connectivity index is 1.27. The number of nitrogens with zero attached hydrogens (tertiary/aromatic N) is 2. The number of rotatable bonds is 7. The highest BCUT2D eigenvalue weighted by atomic mass is 16.5. The average Bonchev–Trinajstić information content (AvgIpc) is 3.29. The third-order valence-corrected chi connectivity index (χ3v) is 5.81. The Bertz CT molecular complexity index is 1480. The summed E-state index contributed by atoms with van der Waals surface area (Å²) in [6.45, 7) is 0.336. The molecule has 1 aliphatic heterocycles. The number of fused-ring (bicyclic) bond motifs is 2. The van der Waals surface area contributed by atoms with Gasteiger partial charge in [-0.15, -0.1) is 0 Å². The SMILES string of the molecule is COc1cccc(CC(=O)Nc2c[nH]c3c(C(=O)NCc4ccc5c(c4)CC(=O)CO5)ncnc23)c1. The number of anilines is 1. The molecule has 3 heterocycles. The molecule has 0 fully saturated rings. The smallest absolute Gasteiger partial charge is 0.272 e. The Morgan fingerprint density at radius 1 is 1.14 bits per heavy atom. The summed E-state index contributed by atoms with van der Waals surface area (Å²) in [7, 11) is 1.57. The van der Waals surface area contributed by atoms with Gasteiger partial charge in [0.25, 0.3) is 5.91 Å². The lowest BCUT2D eigenvalue weighted by molar-refractivity contribution is -0.121. The van der Waals surface area contributed by atoms with E-state index in [2.05, 4.69) is 25.6 Å². The average molecular weight is 486 g/mol. The molecule has 0 spiro atoms. The highest BCUT2D eigenvalue weighted by Crippen LogP contribution is 2.25. The number of amides is 2. The summed E-state index contributed by atoms with van der Waals surface area (Å²) in [5, 5.41) is 5.68. The number of hydrogen-bond donors (Lipinski definition) is 3. The number of benzene rings is 2. The van der Waals surface area contributed by atoms with Crippen molar-refractivity contribution < 1.29 is 23.9 Å². The first-order valence-electron chi connectivity index (χ1n) is 11.3. The van der Waals surface area contributed by atoms with Gasteiger partial charge in [-0.25, -0.2) is 9.97 Å². The van der Waals surface area contributed by atoms with Crippen molar-refractivity contribution in [2.45, 2.75) is 19.4 Å². The first-order chi connectivity index (χ1) is 17.5. The Morgan fingerprint density at radius 3 is 2.89 bits per heavy atom. The number of aromatic amines is 1. The van der Waals surface area contributed by atoms with Crippen LogP contribution in [0.5, 0.6) is 11.5 Å². The van der Waals surface area contributed by atoms with Gasteiger partial charge in [0, 0.05) is 24.7 Å². The van der Waals surface area contributed by atoms with Gasteiger partial charge < -0.3 is 25.1 Å². The van der Waals surface area contributed by atoms with E-state index >= 15 is 0 Å². The third-order valence-electron chi connectivity index (χ3n) is 5.81. The van der Waals surface area contributed by atoms with Gasteiger partial charge in [0.15, 0.2) is 11.5 Å². The van der Waals surface area contributed by atoms with Crippen LogP contribution in [0.25, 0.3) is 11.0 Å². The second-order valence-corrected chi connectivity index (χ2v) is 8.35. The first-order valence-corrected chi connectivity index (χ1v) is 11.3. The standard InChI is InChI=1S/C26H23N5O5/c1-35-19-4-2-3-15(8-19)9-22(33)31-20-12-27-24-23(20)29-14-30-25(24)26(34)28-11-16-5-6-21-17(7-16)10-18(32)13-36-21/h2-8,12,14,27H,9-11,13H2,1H3,(H,28,34)(H,31,33). The lowest BCUT2D eigenvalue weighted by Gasteiger charge is -2.17. The molecule has 0 aliphatic carbocycles. The van der Waals surface area contributed by atoms with E-state index in [9.17, 15) is 14.4 Å². The number of ketones is 1. The van der Waals surface area contributed by atoms with Crippen molar-refractivity contribution in [1.29, 1.82) is 0 Å². The number of carbonyl (C=O) groups excluding carboxylic acids is 3. The molecule has 0 unspecified atom stereocenters. The maximum absolute atomic E-state index is 12.9. The normalized spacial score (nSPS) is 12.5. The number of H-pyrrole nitrogens is 1. The van der Waals surface area contributed by atoms with Crippen LogP contribution >= 0.6 is 0 Å². The Kier molecular flexibility index (Phi) is 6.31. The fourth-order valence-electron chi connectivity index (χ4n) is 4.08. The number of Topliss-reactive ketones (excluding diaryl/α,β-unsaturated/α-hetero) is 1. The molecule has 0 saturated heterocycles. The summed E-state index contributed by atoms with van der Waals surface area (Å²) in [5.41, 5.74) is 3.90. The van der Waals surface area contributed by atoms with Crippen molar-refractivity contribution in [2.24, 2.45) is 0 Å². The van der Waals surface area contributed by atoms with Crippen LogP contribution < -0.4 is 20.1 Å². The molecule has 0 saturated carbocycles. The summed E-state index contributed by atoms with van der Waals surface area (Å²) in [6.07, 6.45) is 3.34. The minimum atomic E-state index is -0.399. The van der Waals surface area contributed by atoms with E-state index in [4.69, 9.17) is 9.47 Å². The maximum Gasteiger partial charge on any atom is 0.272 e. The van der Waals surface area contributed by atoms with Gasteiger partial charge in [-0.2, -0.15) is 0 Å². The molecule has 0 atom stereocenters. The minimum Gasteiger partial charge on any atom is -0.497 e. The molecule has 2 aromatic carbocycles. The van der Waals surface area contributed by atoms with Gasteiger partial charge in [-0.05, 0) is 35.4 Å². The minimum absolute atomic E-state index is 0.0187. The van der Waals surface area contributed by atoms with Crippen molar-refractivity contribution in [3.8, 4) is 11.5 Å². The van der Waals surface area contributed by atoms with Gasteiger partial charge in [-0.1, -0.05) is 18.2 Å². The summed E-state index contributed by atoms with van der Waals surface area (Å²) in [6, 6.07) is 12.8. The Labute approximate surface area is 206 Å². The summed E-state index contributed by atoms with van der Waals surface area (Å²) in [4.78, 5) is 48.5. The van der Waals surface area contributed by atoms with Gasteiger partial charge in [0.2, 0.25) is 5.91 Å². The molecule has 4 aromatic rings. The number of nitrogens with one attached hydrogen (secondary N) is 3. The van der Waals surface area contributed by atoms with E-state index in [1.807, 2.05) is 30.3 Å². The number of aromatic nitrogens is 3. The molecule has 0 bridgehead atoms. The van der Waals surface area contributed by atoms with Crippen molar-refractivity contribution >= 4 is 34.3 Å². The van der Waals surface area contributed by atoms with Crippen molar-refractivity contribution in [2.75, 3.05) is 19.0 Å². The number of methoxy groups -OCH3 is 1. The molecule has 1 aliphatic rings. The molecule has 0 radical (unpaired) electrons. The molecule has 36 heavy (non-hydrogen) atoms. The van der Waals surface area contributed by atoms with E-state index in [0.29, 0.717) is 34.6 Å².